The van der Waals surface area contributed by atoms with E-state index in [1.165, 1.54) is 0 Å². The molecule has 1 heterocycles. The van der Waals surface area contributed by atoms with Gasteiger partial charge >= 0.3 is 0 Å². The highest BCUT2D eigenvalue weighted by Crippen LogP contribution is 2.13. The van der Waals surface area contributed by atoms with Crippen molar-refractivity contribution in [1.29, 1.82) is 0 Å². The van der Waals surface area contributed by atoms with Gasteiger partial charge in [0.05, 0.1) is 0 Å². The summed E-state index contributed by atoms with van der Waals surface area (Å²) in [5.41, 5.74) is 1.37. The van der Waals surface area contributed by atoms with Crippen molar-refractivity contribution in [3.8, 4) is 12.3 Å². The lowest BCUT2D eigenvalue weighted by Gasteiger charge is -2.03. The Morgan fingerprint density at radius 2 is 2.18 bits per heavy atom. The van der Waals surface area contributed by atoms with Crippen molar-refractivity contribution < 1.29 is 9.21 Å². The highest BCUT2D eigenvalue weighted by atomic mass is 16.3. The molecule has 3 heteroatoms. The number of benzene rings is 1. The van der Waals surface area contributed by atoms with Crippen molar-refractivity contribution >= 4 is 11.6 Å². The normalized spacial score (nSPS) is 9.65. The molecule has 0 aliphatic rings. The zero-order valence-corrected chi connectivity index (χ0v) is 9.36. The molecule has 0 bridgehead atoms. The second-order valence-corrected chi connectivity index (χ2v) is 3.59. The maximum Gasteiger partial charge on any atom is 0.291 e. The average Bonchev–Trinajstić information content (AvgIpc) is 2.76. The lowest BCUT2D eigenvalue weighted by molar-refractivity contribution is 0.0995. The van der Waals surface area contributed by atoms with Gasteiger partial charge in [0, 0.05) is 11.3 Å². The minimum atomic E-state index is -0.285. The minimum absolute atomic E-state index is 0.285. The molecule has 1 amide bonds. The number of nitrogens with one attached hydrogen (secondary N) is 1. The van der Waals surface area contributed by atoms with Crippen molar-refractivity contribution in [2.24, 2.45) is 0 Å². The van der Waals surface area contributed by atoms with E-state index in [1.54, 1.807) is 43.3 Å². The van der Waals surface area contributed by atoms with Crippen LogP contribution in [0.4, 0.5) is 5.69 Å². The fourth-order valence-corrected chi connectivity index (χ4v) is 1.44. The number of carbonyl (C=O) groups is 1. The fourth-order valence-electron chi connectivity index (χ4n) is 1.44. The van der Waals surface area contributed by atoms with Gasteiger partial charge in [0.15, 0.2) is 5.76 Å². The largest absolute Gasteiger partial charge is 0.456 e. The van der Waals surface area contributed by atoms with Gasteiger partial charge in [-0.2, -0.15) is 0 Å². The quantitative estimate of drug-likeness (QED) is 0.798. The Labute approximate surface area is 99.5 Å². The SMILES string of the molecule is C#Cc1cccc(NC(=O)c2ccc(C)o2)c1. The topological polar surface area (TPSA) is 42.2 Å². The van der Waals surface area contributed by atoms with Crippen LogP contribution >= 0.6 is 0 Å². The predicted octanol–water partition coefficient (Wildman–Crippen LogP) is 2.82. The molecule has 0 spiro atoms. The van der Waals surface area contributed by atoms with Gasteiger partial charge in [-0.05, 0) is 37.3 Å². The molecule has 1 aromatic carbocycles. The summed E-state index contributed by atoms with van der Waals surface area (Å²) in [5, 5.41) is 2.72. The third kappa shape index (κ3) is 2.56. The van der Waals surface area contributed by atoms with Crippen molar-refractivity contribution in [1.82, 2.24) is 0 Å². The van der Waals surface area contributed by atoms with Gasteiger partial charge in [0.25, 0.3) is 5.91 Å². The van der Waals surface area contributed by atoms with Crippen LogP contribution in [0.3, 0.4) is 0 Å². The van der Waals surface area contributed by atoms with Gasteiger partial charge in [-0.15, -0.1) is 6.42 Å². The molecule has 0 aliphatic heterocycles. The van der Waals surface area contributed by atoms with E-state index in [2.05, 4.69) is 11.2 Å². The van der Waals surface area contributed by atoms with Crippen molar-refractivity contribution in [2.45, 2.75) is 6.92 Å². The molecule has 1 aromatic heterocycles. The first-order valence-electron chi connectivity index (χ1n) is 5.13. The van der Waals surface area contributed by atoms with Crippen LogP contribution in [0, 0.1) is 19.3 Å². The molecule has 17 heavy (non-hydrogen) atoms. The Morgan fingerprint density at radius 1 is 1.35 bits per heavy atom. The molecule has 0 fully saturated rings. The number of terminal acetylenes is 1. The van der Waals surface area contributed by atoms with Crippen LogP contribution in [-0.4, -0.2) is 5.91 Å². The van der Waals surface area contributed by atoms with Crippen LogP contribution in [0.2, 0.25) is 0 Å². The van der Waals surface area contributed by atoms with E-state index in [4.69, 9.17) is 10.8 Å². The summed E-state index contributed by atoms with van der Waals surface area (Å²) in [6, 6.07) is 10.5. The van der Waals surface area contributed by atoms with Gasteiger partial charge in [0.1, 0.15) is 5.76 Å². The second-order valence-electron chi connectivity index (χ2n) is 3.59. The van der Waals surface area contributed by atoms with Crippen molar-refractivity contribution in [2.75, 3.05) is 5.32 Å². The summed E-state index contributed by atoms with van der Waals surface area (Å²) < 4.78 is 5.22. The number of anilines is 1. The summed E-state index contributed by atoms with van der Waals surface area (Å²) in [4.78, 5) is 11.8. The van der Waals surface area contributed by atoms with Crippen LogP contribution < -0.4 is 5.32 Å². The predicted molar refractivity (Wildman–Crippen MR) is 65.8 cm³/mol. The molecule has 0 aliphatic carbocycles. The van der Waals surface area contributed by atoms with Crippen LogP contribution in [0.5, 0.6) is 0 Å². The number of carbonyl (C=O) groups excluding carboxylic acids is 1. The van der Waals surface area contributed by atoms with Crippen molar-refractivity contribution in [3.05, 3.63) is 53.5 Å². The number of hydrogen-bond donors (Lipinski definition) is 1. The van der Waals surface area contributed by atoms with Crippen LogP contribution in [0.25, 0.3) is 0 Å². The third-order valence-corrected chi connectivity index (χ3v) is 2.25. The first kappa shape index (κ1) is 11.0. The van der Waals surface area contributed by atoms with Crippen LogP contribution in [-0.2, 0) is 0 Å². The molecule has 0 saturated heterocycles. The molecule has 3 nitrogen and oxygen atoms in total. The first-order chi connectivity index (χ1) is 8.19. The molecule has 1 N–H and O–H groups in total. The molecule has 0 atom stereocenters. The molecular formula is C14H11NO2. The molecular weight excluding hydrogens is 214 g/mol. The van der Waals surface area contributed by atoms with Crippen LogP contribution in [0.15, 0.2) is 40.8 Å². The number of aryl methyl sites for hydroxylation is 1. The van der Waals surface area contributed by atoms with E-state index in [1.807, 2.05) is 0 Å². The summed E-state index contributed by atoms with van der Waals surface area (Å²) in [7, 11) is 0. The van der Waals surface area contributed by atoms with Crippen molar-refractivity contribution in [3.63, 3.8) is 0 Å². The fraction of sp³-hybridized carbons (Fsp3) is 0.0714. The Kier molecular flexibility index (Phi) is 2.97. The number of rotatable bonds is 2. The third-order valence-electron chi connectivity index (χ3n) is 2.25. The van der Waals surface area contributed by atoms with Gasteiger partial charge in [0.2, 0.25) is 0 Å². The van der Waals surface area contributed by atoms with Gasteiger partial charge in [-0.1, -0.05) is 12.0 Å². The lowest BCUT2D eigenvalue weighted by atomic mass is 10.2. The highest BCUT2D eigenvalue weighted by Gasteiger charge is 2.09. The summed E-state index contributed by atoms with van der Waals surface area (Å²) in [5.74, 6) is 3.21. The molecule has 2 rings (SSSR count). The summed E-state index contributed by atoms with van der Waals surface area (Å²) >= 11 is 0. The Bertz CT molecular complexity index is 590. The maximum absolute atomic E-state index is 11.8. The average molecular weight is 225 g/mol. The standard InChI is InChI=1S/C14H11NO2/c1-3-11-5-4-6-12(9-11)15-14(16)13-8-7-10(2)17-13/h1,4-9H,2H3,(H,15,16). The van der Waals surface area contributed by atoms with E-state index in [0.717, 1.165) is 5.56 Å². The minimum Gasteiger partial charge on any atom is -0.456 e. The molecule has 0 saturated carbocycles. The van der Waals surface area contributed by atoms with E-state index in [-0.39, 0.29) is 11.7 Å². The van der Waals surface area contributed by atoms with E-state index >= 15 is 0 Å². The molecule has 0 unspecified atom stereocenters. The highest BCUT2D eigenvalue weighted by molar-refractivity contribution is 6.02. The Morgan fingerprint density at radius 3 is 2.82 bits per heavy atom. The van der Waals surface area contributed by atoms with Gasteiger partial charge < -0.3 is 9.73 Å². The zero-order chi connectivity index (χ0) is 12.3. The molecule has 84 valence electrons. The van der Waals surface area contributed by atoms with Gasteiger partial charge in [-0.25, -0.2) is 0 Å². The smallest absolute Gasteiger partial charge is 0.291 e. The van der Waals surface area contributed by atoms with E-state index < -0.39 is 0 Å². The Balaban J connectivity index is 2.16. The summed E-state index contributed by atoms with van der Waals surface area (Å²) in [6.07, 6.45) is 5.28. The second kappa shape index (κ2) is 4.58. The first-order valence-corrected chi connectivity index (χ1v) is 5.13. The molecule has 0 radical (unpaired) electrons. The number of amides is 1. The monoisotopic (exact) mass is 225 g/mol. The van der Waals surface area contributed by atoms with E-state index in [0.29, 0.717) is 11.4 Å². The van der Waals surface area contributed by atoms with Gasteiger partial charge in [-0.3, -0.25) is 4.79 Å². The molecule has 2 aromatic rings. The number of furan rings is 1. The summed E-state index contributed by atoms with van der Waals surface area (Å²) in [6.45, 7) is 1.79. The maximum atomic E-state index is 11.8. The zero-order valence-electron chi connectivity index (χ0n) is 9.36. The number of hydrogen-bond acceptors (Lipinski definition) is 2. The van der Waals surface area contributed by atoms with Crippen LogP contribution in [0.1, 0.15) is 21.9 Å². The van der Waals surface area contributed by atoms with E-state index in [9.17, 15) is 4.79 Å². The lowest BCUT2D eigenvalue weighted by Crippen LogP contribution is -2.10. The Hall–Kier alpha value is -2.47.